The first-order valence-electron chi connectivity index (χ1n) is 6.31. The van der Waals surface area contributed by atoms with E-state index in [0.29, 0.717) is 12.3 Å². The molecule has 1 aromatic rings. The molecule has 0 saturated carbocycles. The lowest BCUT2D eigenvalue weighted by molar-refractivity contribution is 0.210. The van der Waals surface area contributed by atoms with Crippen LogP contribution >= 0.6 is 0 Å². The number of rotatable bonds is 6. The van der Waals surface area contributed by atoms with Crippen LogP contribution in [0.25, 0.3) is 0 Å². The second kappa shape index (κ2) is 5.96. The van der Waals surface area contributed by atoms with E-state index in [1.165, 1.54) is 0 Å². The number of likely N-dealkylation sites (N-methyl/N-ethyl adjacent to an activating group) is 1. The van der Waals surface area contributed by atoms with Crippen molar-refractivity contribution in [3.05, 3.63) is 18.2 Å². The van der Waals surface area contributed by atoms with Gasteiger partial charge in [-0.1, -0.05) is 6.07 Å². The van der Waals surface area contributed by atoms with Crippen molar-refractivity contribution in [2.45, 2.75) is 26.3 Å². The van der Waals surface area contributed by atoms with Crippen molar-refractivity contribution in [2.75, 3.05) is 38.3 Å². The average Bonchev–Trinajstić information content (AvgIpc) is 2.30. The molecular formula is C14H25N3O. The molecule has 1 rings (SSSR count). The van der Waals surface area contributed by atoms with Gasteiger partial charge in [-0.15, -0.1) is 0 Å². The number of hydrogen-bond donors (Lipinski definition) is 2. The van der Waals surface area contributed by atoms with Crippen molar-refractivity contribution in [3.8, 4) is 5.75 Å². The van der Waals surface area contributed by atoms with E-state index in [0.717, 1.165) is 18.0 Å². The highest BCUT2D eigenvalue weighted by atomic mass is 16.5. The van der Waals surface area contributed by atoms with E-state index in [-0.39, 0.29) is 5.54 Å². The van der Waals surface area contributed by atoms with Crippen molar-refractivity contribution >= 4 is 11.4 Å². The first-order chi connectivity index (χ1) is 8.38. The standard InChI is InChI=1S/C14H25N3O/c1-6-18-12-9-7-8-11(13(12)15)16-10-14(2,3)17(4)5/h7-9,16H,6,10,15H2,1-5H3. The third kappa shape index (κ3) is 3.53. The summed E-state index contributed by atoms with van der Waals surface area (Å²) in [5.74, 6) is 0.741. The number of ether oxygens (including phenoxy) is 1. The van der Waals surface area contributed by atoms with Crippen LogP contribution in [0.4, 0.5) is 11.4 Å². The zero-order valence-electron chi connectivity index (χ0n) is 12.1. The van der Waals surface area contributed by atoms with E-state index < -0.39 is 0 Å². The third-order valence-corrected chi connectivity index (χ3v) is 3.29. The summed E-state index contributed by atoms with van der Waals surface area (Å²) in [6.45, 7) is 7.76. The molecule has 1 aromatic carbocycles. The second-order valence-corrected chi connectivity index (χ2v) is 5.21. The van der Waals surface area contributed by atoms with Gasteiger partial charge in [0.1, 0.15) is 5.75 Å². The van der Waals surface area contributed by atoms with Crippen LogP contribution in [0, 0.1) is 0 Å². The molecule has 102 valence electrons. The molecule has 0 aliphatic rings. The highest BCUT2D eigenvalue weighted by Crippen LogP contribution is 2.29. The maximum absolute atomic E-state index is 6.07. The van der Waals surface area contributed by atoms with Crippen LogP contribution in [-0.2, 0) is 0 Å². The van der Waals surface area contributed by atoms with E-state index in [4.69, 9.17) is 10.5 Å². The molecule has 0 unspecified atom stereocenters. The van der Waals surface area contributed by atoms with Crippen molar-refractivity contribution in [1.29, 1.82) is 0 Å². The Hall–Kier alpha value is -1.42. The minimum Gasteiger partial charge on any atom is -0.492 e. The van der Waals surface area contributed by atoms with Crippen LogP contribution in [0.3, 0.4) is 0 Å². The summed E-state index contributed by atoms with van der Waals surface area (Å²) < 4.78 is 5.48. The molecule has 4 nitrogen and oxygen atoms in total. The van der Waals surface area contributed by atoms with Crippen molar-refractivity contribution in [3.63, 3.8) is 0 Å². The summed E-state index contributed by atoms with van der Waals surface area (Å²) in [5, 5.41) is 3.39. The van der Waals surface area contributed by atoms with Gasteiger partial charge >= 0.3 is 0 Å². The summed E-state index contributed by atoms with van der Waals surface area (Å²) in [5.41, 5.74) is 7.74. The van der Waals surface area contributed by atoms with Gasteiger partial charge in [-0.05, 0) is 47.0 Å². The quantitative estimate of drug-likeness (QED) is 0.762. The van der Waals surface area contributed by atoms with Crippen LogP contribution in [0.1, 0.15) is 20.8 Å². The van der Waals surface area contributed by atoms with Crippen LogP contribution < -0.4 is 15.8 Å². The molecule has 0 aliphatic carbocycles. The molecule has 0 atom stereocenters. The van der Waals surface area contributed by atoms with Crippen molar-refractivity contribution in [2.24, 2.45) is 0 Å². The largest absolute Gasteiger partial charge is 0.492 e. The highest BCUT2D eigenvalue weighted by molar-refractivity contribution is 5.73. The predicted molar refractivity (Wildman–Crippen MR) is 78.3 cm³/mol. The predicted octanol–water partition coefficient (Wildman–Crippen LogP) is 2.42. The molecule has 0 amide bonds. The molecule has 0 aromatic heterocycles. The Balaban J connectivity index is 2.77. The Morgan fingerprint density at radius 2 is 2.00 bits per heavy atom. The van der Waals surface area contributed by atoms with Gasteiger partial charge in [0.2, 0.25) is 0 Å². The number of hydrogen-bond acceptors (Lipinski definition) is 4. The monoisotopic (exact) mass is 251 g/mol. The van der Waals surface area contributed by atoms with Crippen molar-refractivity contribution < 1.29 is 4.74 Å². The van der Waals surface area contributed by atoms with Crippen LogP contribution in [0.15, 0.2) is 18.2 Å². The topological polar surface area (TPSA) is 50.5 Å². The number of nitrogens with zero attached hydrogens (tertiary/aromatic N) is 1. The van der Waals surface area contributed by atoms with E-state index in [1.54, 1.807) is 0 Å². The maximum atomic E-state index is 6.07. The average molecular weight is 251 g/mol. The molecule has 0 saturated heterocycles. The van der Waals surface area contributed by atoms with E-state index in [2.05, 4.69) is 38.2 Å². The molecule has 0 bridgehead atoms. The van der Waals surface area contributed by atoms with E-state index >= 15 is 0 Å². The smallest absolute Gasteiger partial charge is 0.144 e. The fraction of sp³-hybridized carbons (Fsp3) is 0.571. The molecule has 0 aliphatic heterocycles. The Morgan fingerprint density at radius 3 is 2.56 bits per heavy atom. The molecule has 0 fully saturated rings. The van der Waals surface area contributed by atoms with Gasteiger partial charge < -0.3 is 20.7 Å². The van der Waals surface area contributed by atoms with Gasteiger partial charge in [0.25, 0.3) is 0 Å². The summed E-state index contributed by atoms with van der Waals surface area (Å²) in [7, 11) is 4.14. The third-order valence-electron chi connectivity index (χ3n) is 3.29. The fourth-order valence-electron chi connectivity index (χ4n) is 1.45. The minimum absolute atomic E-state index is 0.0635. The molecular weight excluding hydrogens is 226 g/mol. The molecule has 0 spiro atoms. The maximum Gasteiger partial charge on any atom is 0.144 e. The number of benzene rings is 1. The summed E-state index contributed by atoms with van der Waals surface area (Å²) >= 11 is 0. The first kappa shape index (κ1) is 14.6. The normalized spacial score (nSPS) is 11.7. The first-order valence-corrected chi connectivity index (χ1v) is 6.31. The SMILES string of the molecule is CCOc1cccc(NCC(C)(C)N(C)C)c1N. The fourth-order valence-corrected chi connectivity index (χ4v) is 1.45. The van der Waals surface area contributed by atoms with E-state index in [1.807, 2.05) is 25.1 Å². The Morgan fingerprint density at radius 1 is 1.33 bits per heavy atom. The lowest BCUT2D eigenvalue weighted by Gasteiger charge is -2.33. The summed E-state index contributed by atoms with van der Waals surface area (Å²) in [4.78, 5) is 2.18. The summed E-state index contributed by atoms with van der Waals surface area (Å²) in [6.07, 6.45) is 0. The van der Waals surface area contributed by atoms with Gasteiger partial charge in [0, 0.05) is 12.1 Å². The van der Waals surface area contributed by atoms with Gasteiger partial charge in [-0.25, -0.2) is 0 Å². The van der Waals surface area contributed by atoms with Crippen LogP contribution in [-0.4, -0.2) is 37.7 Å². The van der Waals surface area contributed by atoms with E-state index in [9.17, 15) is 0 Å². The second-order valence-electron chi connectivity index (χ2n) is 5.21. The molecule has 0 heterocycles. The van der Waals surface area contributed by atoms with Crippen molar-refractivity contribution in [1.82, 2.24) is 4.90 Å². The number of nitrogens with one attached hydrogen (secondary N) is 1. The van der Waals surface area contributed by atoms with Gasteiger partial charge in [0.05, 0.1) is 18.0 Å². The van der Waals surface area contributed by atoms with Gasteiger partial charge in [-0.3, -0.25) is 0 Å². The highest BCUT2D eigenvalue weighted by Gasteiger charge is 2.20. The number of nitrogens with two attached hydrogens (primary N) is 1. The Bertz CT molecular complexity index is 389. The zero-order chi connectivity index (χ0) is 13.8. The van der Waals surface area contributed by atoms with Gasteiger partial charge in [0.15, 0.2) is 0 Å². The molecule has 18 heavy (non-hydrogen) atoms. The number of para-hydroxylation sites is 1. The van der Waals surface area contributed by atoms with Crippen LogP contribution in [0.2, 0.25) is 0 Å². The zero-order valence-corrected chi connectivity index (χ0v) is 12.1. The molecule has 4 heteroatoms. The lowest BCUT2D eigenvalue weighted by Crippen LogP contribution is -2.44. The molecule has 3 N–H and O–H groups in total. The van der Waals surface area contributed by atoms with Crippen LogP contribution in [0.5, 0.6) is 5.75 Å². The summed E-state index contributed by atoms with van der Waals surface area (Å²) in [6, 6.07) is 5.82. The Labute approximate surface area is 110 Å². The lowest BCUT2D eigenvalue weighted by atomic mass is 10.0. The number of nitrogen functional groups attached to an aromatic ring is 1. The van der Waals surface area contributed by atoms with Gasteiger partial charge in [-0.2, -0.15) is 0 Å². The number of anilines is 2. The Kier molecular flexibility index (Phi) is 4.84. The minimum atomic E-state index is 0.0635. The molecule has 0 radical (unpaired) electrons.